The maximum absolute atomic E-state index is 12.0. The van der Waals surface area contributed by atoms with Crippen LogP contribution in [0.25, 0.3) is 0 Å². The van der Waals surface area contributed by atoms with Gasteiger partial charge in [0.05, 0.1) is 17.7 Å². The number of nitriles is 1. The number of rotatable bonds is 6. The molecule has 0 saturated carbocycles. The maximum Gasteiger partial charge on any atom is 0.294 e. The second-order valence-corrected chi connectivity index (χ2v) is 6.01. The summed E-state index contributed by atoms with van der Waals surface area (Å²) in [5.74, 6) is -0.0956. The van der Waals surface area contributed by atoms with Gasteiger partial charge in [-0.2, -0.15) is 13.7 Å². The molecule has 1 aromatic heterocycles. The number of anilines is 1. The Bertz CT molecular complexity index is 895. The summed E-state index contributed by atoms with van der Waals surface area (Å²) in [6.07, 6.45) is 2.73. The molecule has 9 heteroatoms. The third-order valence-electron chi connectivity index (χ3n) is 2.86. The van der Waals surface area contributed by atoms with Gasteiger partial charge in [-0.3, -0.25) is 9.35 Å². The van der Waals surface area contributed by atoms with Crippen LogP contribution in [0.5, 0.6) is 0 Å². The zero-order chi connectivity index (χ0) is 17.6. The van der Waals surface area contributed by atoms with E-state index in [1.165, 1.54) is 30.7 Å². The Morgan fingerprint density at radius 2 is 2.12 bits per heavy atom. The van der Waals surface area contributed by atoms with Crippen molar-refractivity contribution >= 4 is 21.7 Å². The molecule has 0 aliphatic carbocycles. The third kappa shape index (κ3) is 4.70. The highest BCUT2D eigenvalue weighted by Gasteiger charge is 2.13. The van der Waals surface area contributed by atoms with E-state index in [0.29, 0.717) is 12.3 Å². The minimum atomic E-state index is -4.38. The molecular formula is C15H13N3O5S. The highest BCUT2D eigenvalue weighted by molar-refractivity contribution is 7.85. The summed E-state index contributed by atoms with van der Waals surface area (Å²) in [5.41, 5.74) is -0.0823. The van der Waals surface area contributed by atoms with Crippen molar-refractivity contribution in [1.29, 1.82) is 5.26 Å². The average Bonchev–Trinajstić information content (AvgIpc) is 3.04. The van der Waals surface area contributed by atoms with E-state index in [1.54, 1.807) is 18.2 Å². The first-order chi connectivity index (χ1) is 11.4. The van der Waals surface area contributed by atoms with Gasteiger partial charge in [-0.1, -0.05) is 6.07 Å². The van der Waals surface area contributed by atoms with Crippen molar-refractivity contribution in [3.05, 3.63) is 60.2 Å². The second kappa shape index (κ2) is 7.45. The lowest BCUT2D eigenvalue weighted by Crippen LogP contribution is -2.16. The molecule has 0 atom stereocenters. The molecule has 0 radical (unpaired) electrons. The lowest BCUT2D eigenvalue weighted by Gasteiger charge is -2.06. The van der Waals surface area contributed by atoms with Crippen molar-refractivity contribution < 1.29 is 22.2 Å². The molecule has 0 aliphatic heterocycles. The fraction of sp³-hybridized carbons (Fsp3) is 0.0667. The standard InChI is InChI=1S/C15H13N3O5S/c16-8-11(9-17-10-13-4-2-6-23-13)15(19)18-12-3-1-5-14(7-12)24(20,21)22/h1-7,9,17H,10H2,(H,18,19)(H,20,21,22)/b11-9-. The average molecular weight is 347 g/mol. The first-order valence-electron chi connectivity index (χ1n) is 6.65. The minimum absolute atomic E-state index is 0.127. The van der Waals surface area contributed by atoms with E-state index < -0.39 is 16.0 Å². The van der Waals surface area contributed by atoms with Crippen molar-refractivity contribution in [2.24, 2.45) is 0 Å². The summed E-state index contributed by atoms with van der Waals surface area (Å²) in [6.45, 7) is 0.295. The summed E-state index contributed by atoms with van der Waals surface area (Å²) in [4.78, 5) is 11.7. The fourth-order valence-electron chi connectivity index (χ4n) is 1.75. The number of hydrogen-bond donors (Lipinski definition) is 3. The van der Waals surface area contributed by atoms with Crippen molar-refractivity contribution in [2.75, 3.05) is 5.32 Å². The molecule has 8 nitrogen and oxygen atoms in total. The molecule has 24 heavy (non-hydrogen) atoms. The van der Waals surface area contributed by atoms with Crippen LogP contribution in [0.4, 0.5) is 5.69 Å². The topological polar surface area (TPSA) is 132 Å². The van der Waals surface area contributed by atoms with Crippen LogP contribution in [0.2, 0.25) is 0 Å². The van der Waals surface area contributed by atoms with Crippen molar-refractivity contribution in [2.45, 2.75) is 11.4 Å². The van der Waals surface area contributed by atoms with Gasteiger partial charge < -0.3 is 15.1 Å². The maximum atomic E-state index is 12.0. The van der Waals surface area contributed by atoms with E-state index in [-0.39, 0.29) is 16.2 Å². The number of amides is 1. The predicted octanol–water partition coefficient (Wildman–Crippen LogP) is 1.66. The quantitative estimate of drug-likeness (QED) is 0.411. The van der Waals surface area contributed by atoms with Gasteiger partial charge in [-0.15, -0.1) is 0 Å². The molecule has 0 aliphatic rings. The summed E-state index contributed by atoms with van der Waals surface area (Å²) in [5, 5.41) is 14.2. The molecule has 3 N–H and O–H groups in total. The van der Waals surface area contributed by atoms with Crippen LogP contribution in [0, 0.1) is 11.3 Å². The monoisotopic (exact) mass is 347 g/mol. The second-order valence-electron chi connectivity index (χ2n) is 4.59. The molecular weight excluding hydrogens is 334 g/mol. The minimum Gasteiger partial charge on any atom is -0.467 e. The summed E-state index contributed by atoms with van der Waals surface area (Å²) < 4.78 is 36.2. The molecule has 1 aromatic carbocycles. The Morgan fingerprint density at radius 3 is 2.75 bits per heavy atom. The van der Waals surface area contributed by atoms with Gasteiger partial charge in [0.1, 0.15) is 17.4 Å². The lowest BCUT2D eigenvalue weighted by atomic mass is 10.2. The van der Waals surface area contributed by atoms with E-state index in [4.69, 9.17) is 14.2 Å². The molecule has 1 amide bonds. The number of hydrogen-bond acceptors (Lipinski definition) is 6. The van der Waals surface area contributed by atoms with Crippen LogP contribution in [0.15, 0.2) is 63.7 Å². The van der Waals surface area contributed by atoms with Crippen LogP contribution >= 0.6 is 0 Å². The third-order valence-corrected chi connectivity index (χ3v) is 3.71. The van der Waals surface area contributed by atoms with Gasteiger partial charge >= 0.3 is 0 Å². The van der Waals surface area contributed by atoms with Gasteiger partial charge in [-0.05, 0) is 30.3 Å². The molecule has 0 fully saturated rings. The fourth-order valence-corrected chi connectivity index (χ4v) is 2.27. The Morgan fingerprint density at radius 1 is 1.33 bits per heavy atom. The Balaban J connectivity index is 2.05. The van der Waals surface area contributed by atoms with Crippen molar-refractivity contribution in [3.63, 3.8) is 0 Å². The van der Waals surface area contributed by atoms with Crippen LogP contribution in [-0.2, 0) is 21.5 Å². The highest BCUT2D eigenvalue weighted by atomic mass is 32.2. The largest absolute Gasteiger partial charge is 0.467 e. The lowest BCUT2D eigenvalue weighted by molar-refractivity contribution is -0.112. The first-order valence-corrected chi connectivity index (χ1v) is 8.09. The van der Waals surface area contributed by atoms with E-state index >= 15 is 0 Å². The van der Waals surface area contributed by atoms with Gasteiger partial charge in [0, 0.05) is 11.9 Å². The van der Waals surface area contributed by atoms with Gasteiger partial charge in [0.15, 0.2) is 0 Å². The summed E-state index contributed by atoms with van der Waals surface area (Å²) >= 11 is 0. The first kappa shape index (κ1) is 17.3. The molecule has 0 unspecified atom stereocenters. The van der Waals surface area contributed by atoms with Crippen LogP contribution in [-0.4, -0.2) is 18.9 Å². The zero-order valence-corrected chi connectivity index (χ0v) is 13.1. The van der Waals surface area contributed by atoms with E-state index in [0.717, 1.165) is 6.07 Å². The highest BCUT2D eigenvalue weighted by Crippen LogP contribution is 2.15. The number of nitrogens with zero attached hydrogens (tertiary/aromatic N) is 1. The molecule has 0 saturated heterocycles. The van der Waals surface area contributed by atoms with Crippen LogP contribution < -0.4 is 10.6 Å². The summed E-state index contributed by atoms with van der Waals surface area (Å²) in [7, 11) is -4.38. The Hall–Kier alpha value is -3.09. The summed E-state index contributed by atoms with van der Waals surface area (Å²) in [6, 6.07) is 10.2. The van der Waals surface area contributed by atoms with Crippen molar-refractivity contribution in [3.8, 4) is 6.07 Å². The predicted molar refractivity (Wildman–Crippen MR) is 84.1 cm³/mol. The number of furan rings is 1. The van der Waals surface area contributed by atoms with E-state index in [9.17, 15) is 13.2 Å². The zero-order valence-electron chi connectivity index (χ0n) is 12.3. The Kier molecular flexibility index (Phi) is 5.36. The number of nitrogens with one attached hydrogen (secondary N) is 2. The van der Waals surface area contributed by atoms with Crippen molar-refractivity contribution in [1.82, 2.24) is 5.32 Å². The van der Waals surface area contributed by atoms with E-state index in [1.807, 2.05) is 0 Å². The van der Waals surface area contributed by atoms with Gasteiger partial charge in [0.2, 0.25) is 0 Å². The van der Waals surface area contributed by atoms with Crippen LogP contribution in [0.3, 0.4) is 0 Å². The number of benzene rings is 1. The van der Waals surface area contributed by atoms with Gasteiger partial charge in [-0.25, -0.2) is 0 Å². The Labute approximate surface area is 138 Å². The van der Waals surface area contributed by atoms with Gasteiger partial charge in [0.25, 0.3) is 16.0 Å². The number of carbonyl (C=O) groups is 1. The SMILES string of the molecule is N#C/C(=C/NCc1ccco1)C(=O)Nc1cccc(S(=O)(=O)O)c1. The normalized spacial score (nSPS) is 11.6. The molecule has 1 heterocycles. The smallest absolute Gasteiger partial charge is 0.294 e. The van der Waals surface area contributed by atoms with E-state index in [2.05, 4.69) is 10.6 Å². The molecule has 0 spiro atoms. The molecule has 2 aromatic rings. The molecule has 0 bridgehead atoms. The number of carbonyl (C=O) groups excluding carboxylic acids is 1. The molecule has 124 valence electrons. The molecule has 2 rings (SSSR count). The van der Waals surface area contributed by atoms with Crippen LogP contribution in [0.1, 0.15) is 5.76 Å².